The van der Waals surface area contributed by atoms with Crippen LogP contribution in [0.2, 0.25) is 0 Å². The molecule has 180 valence electrons. The lowest BCUT2D eigenvalue weighted by Gasteiger charge is -2.23. The molecule has 1 aromatic heterocycles. The summed E-state index contributed by atoms with van der Waals surface area (Å²) in [5.74, 6) is -2.12. The Balaban J connectivity index is 1.52. The van der Waals surface area contributed by atoms with Crippen LogP contribution in [0.5, 0.6) is 0 Å². The van der Waals surface area contributed by atoms with Gasteiger partial charge in [0.05, 0.1) is 18.8 Å². The summed E-state index contributed by atoms with van der Waals surface area (Å²) in [6, 6.07) is 15.5. The molecule has 0 atom stereocenters. The molecule has 4 nitrogen and oxygen atoms in total. The molecule has 5 rings (SSSR count). The van der Waals surface area contributed by atoms with E-state index in [1.165, 1.54) is 28.7 Å². The number of alkyl halides is 3. The SMILES string of the molecule is Cc1cc(C(=O)N2Cc3ccc(C(=O)C(F)(F)F)n3Cc3ccccc32)ccc1C1=CCCCC1. The molecule has 0 bridgehead atoms. The van der Waals surface area contributed by atoms with Crippen LogP contribution in [0, 0.1) is 6.92 Å². The van der Waals surface area contributed by atoms with E-state index >= 15 is 0 Å². The summed E-state index contributed by atoms with van der Waals surface area (Å²) in [5, 5.41) is 0. The standard InChI is InChI=1S/C28H25F3N2O2/c1-18-15-20(11-13-23(18)19-7-3-2-4-8-19)27(35)33-17-22-12-14-25(26(34)28(29,30)31)32(22)16-21-9-5-6-10-24(21)33/h5-7,9-15H,2-4,8,16-17H2,1H3. The van der Waals surface area contributed by atoms with E-state index in [1.807, 2.05) is 25.1 Å². The zero-order chi connectivity index (χ0) is 24.7. The normalized spacial score (nSPS) is 15.7. The van der Waals surface area contributed by atoms with Gasteiger partial charge in [0.1, 0.15) is 0 Å². The van der Waals surface area contributed by atoms with Gasteiger partial charge in [-0.15, -0.1) is 0 Å². The van der Waals surface area contributed by atoms with Crippen molar-refractivity contribution in [1.82, 2.24) is 4.57 Å². The Bertz CT molecular complexity index is 1350. The van der Waals surface area contributed by atoms with Gasteiger partial charge in [-0.3, -0.25) is 9.59 Å². The molecule has 2 aromatic carbocycles. The summed E-state index contributed by atoms with van der Waals surface area (Å²) < 4.78 is 40.9. The molecule has 0 saturated heterocycles. The second-order valence-corrected chi connectivity index (χ2v) is 9.15. The van der Waals surface area contributed by atoms with Gasteiger partial charge in [-0.05, 0) is 85.2 Å². The smallest absolute Gasteiger partial charge is 0.336 e. The number of carbonyl (C=O) groups is 2. The molecule has 1 amide bonds. The highest BCUT2D eigenvalue weighted by molar-refractivity contribution is 6.07. The zero-order valence-corrected chi connectivity index (χ0v) is 19.4. The van der Waals surface area contributed by atoms with E-state index < -0.39 is 17.7 Å². The minimum atomic E-state index is -4.97. The molecule has 7 heteroatoms. The minimum Gasteiger partial charge on any atom is -0.336 e. The Morgan fingerprint density at radius 3 is 2.46 bits per heavy atom. The Labute approximate surface area is 201 Å². The van der Waals surface area contributed by atoms with Gasteiger partial charge in [0.2, 0.25) is 0 Å². The molecule has 2 heterocycles. The summed E-state index contributed by atoms with van der Waals surface area (Å²) >= 11 is 0. The number of Topliss-reactive ketones (excluding diaryl/α,β-unsaturated/α-hetero) is 1. The number of halogens is 3. The number of hydrogen-bond acceptors (Lipinski definition) is 2. The maximum atomic E-state index is 13.7. The number of anilines is 1. The third-order valence-corrected chi connectivity index (χ3v) is 6.85. The number of hydrogen-bond donors (Lipinski definition) is 0. The molecule has 0 radical (unpaired) electrons. The molecule has 0 unspecified atom stereocenters. The van der Waals surface area contributed by atoms with Gasteiger partial charge in [0.15, 0.2) is 0 Å². The van der Waals surface area contributed by atoms with Crippen LogP contribution in [0.15, 0.2) is 60.7 Å². The first-order valence-electron chi connectivity index (χ1n) is 11.7. The van der Waals surface area contributed by atoms with Gasteiger partial charge < -0.3 is 9.47 Å². The number of benzene rings is 2. The second-order valence-electron chi connectivity index (χ2n) is 9.15. The van der Waals surface area contributed by atoms with Crippen molar-refractivity contribution in [2.24, 2.45) is 0 Å². The topological polar surface area (TPSA) is 42.3 Å². The molecule has 1 aliphatic heterocycles. The van der Waals surface area contributed by atoms with Crippen molar-refractivity contribution in [2.75, 3.05) is 4.90 Å². The first-order chi connectivity index (χ1) is 16.7. The number of rotatable bonds is 3. The van der Waals surface area contributed by atoms with Crippen molar-refractivity contribution in [3.05, 3.63) is 94.3 Å². The Morgan fingerprint density at radius 1 is 0.943 bits per heavy atom. The highest BCUT2D eigenvalue weighted by Gasteiger charge is 2.41. The summed E-state index contributed by atoms with van der Waals surface area (Å²) in [5.41, 5.74) is 5.36. The van der Waals surface area contributed by atoms with E-state index in [-0.39, 0.29) is 19.0 Å². The number of aromatic nitrogens is 1. The van der Waals surface area contributed by atoms with Crippen molar-refractivity contribution in [2.45, 2.75) is 51.9 Å². The summed E-state index contributed by atoms with van der Waals surface area (Å²) in [7, 11) is 0. The first-order valence-corrected chi connectivity index (χ1v) is 11.7. The van der Waals surface area contributed by atoms with Crippen molar-refractivity contribution < 1.29 is 22.8 Å². The Kier molecular flexibility index (Phi) is 5.87. The van der Waals surface area contributed by atoms with Crippen molar-refractivity contribution >= 4 is 23.0 Å². The lowest BCUT2D eigenvalue weighted by molar-refractivity contribution is -0.0890. The third-order valence-electron chi connectivity index (χ3n) is 6.85. The van der Waals surface area contributed by atoms with Crippen LogP contribution < -0.4 is 4.90 Å². The van der Waals surface area contributed by atoms with Crippen LogP contribution in [-0.4, -0.2) is 22.4 Å². The fourth-order valence-corrected chi connectivity index (χ4v) is 5.08. The van der Waals surface area contributed by atoms with Gasteiger partial charge in [0, 0.05) is 16.9 Å². The number of ketones is 1. The van der Waals surface area contributed by atoms with E-state index in [1.54, 1.807) is 29.2 Å². The van der Waals surface area contributed by atoms with Gasteiger partial charge in [-0.25, -0.2) is 0 Å². The molecule has 0 spiro atoms. The molecular weight excluding hydrogens is 453 g/mol. The number of amides is 1. The monoisotopic (exact) mass is 478 g/mol. The van der Waals surface area contributed by atoms with Crippen molar-refractivity contribution in [3.63, 3.8) is 0 Å². The quantitative estimate of drug-likeness (QED) is 0.393. The molecule has 3 aromatic rings. The third kappa shape index (κ3) is 4.31. The van der Waals surface area contributed by atoms with Crippen LogP contribution in [0.25, 0.3) is 5.57 Å². The maximum Gasteiger partial charge on any atom is 0.456 e. The molecule has 0 fully saturated rings. The second kappa shape index (κ2) is 8.87. The fourth-order valence-electron chi connectivity index (χ4n) is 5.08. The molecule has 2 aliphatic rings. The number of fused-ring (bicyclic) bond motifs is 2. The van der Waals surface area contributed by atoms with E-state index in [9.17, 15) is 22.8 Å². The first kappa shape index (κ1) is 23.1. The van der Waals surface area contributed by atoms with Crippen LogP contribution in [0.1, 0.15) is 68.9 Å². The van der Waals surface area contributed by atoms with E-state index in [4.69, 9.17) is 0 Å². The van der Waals surface area contributed by atoms with E-state index in [2.05, 4.69) is 6.08 Å². The largest absolute Gasteiger partial charge is 0.456 e. The lowest BCUT2D eigenvalue weighted by atomic mass is 9.90. The maximum absolute atomic E-state index is 13.7. The average Bonchev–Trinajstić information content (AvgIpc) is 3.15. The molecular formula is C28H25F3N2O2. The highest BCUT2D eigenvalue weighted by Crippen LogP contribution is 2.33. The summed E-state index contributed by atoms with van der Waals surface area (Å²) in [6.45, 7) is 2.14. The number of aryl methyl sites for hydroxylation is 1. The number of para-hydroxylation sites is 1. The molecule has 35 heavy (non-hydrogen) atoms. The van der Waals surface area contributed by atoms with Gasteiger partial charge in [-0.2, -0.15) is 13.2 Å². The predicted molar refractivity (Wildman–Crippen MR) is 128 cm³/mol. The molecule has 0 N–H and O–H groups in total. The van der Waals surface area contributed by atoms with Gasteiger partial charge in [0.25, 0.3) is 11.7 Å². The molecule has 0 saturated carbocycles. The van der Waals surface area contributed by atoms with Crippen LogP contribution >= 0.6 is 0 Å². The van der Waals surface area contributed by atoms with E-state index in [0.29, 0.717) is 22.5 Å². The van der Waals surface area contributed by atoms with Crippen LogP contribution in [-0.2, 0) is 13.1 Å². The Hall–Kier alpha value is -3.61. The summed E-state index contributed by atoms with van der Waals surface area (Å²) in [4.78, 5) is 27.3. The highest BCUT2D eigenvalue weighted by atomic mass is 19.4. The predicted octanol–water partition coefficient (Wildman–Crippen LogP) is 6.71. The average molecular weight is 479 g/mol. The van der Waals surface area contributed by atoms with Gasteiger partial charge >= 0.3 is 6.18 Å². The van der Waals surface area contributed by atoms with Gasteiger partial charge in [-0.1, -0.05) is 30.3 Å². The Morgan fingerprint density at radius 2 is 1.74 bits per heavy atom. The van der Waals surface area contributed by atoms with E-state index in [0.717, 1.165) is 30.4 Å². The molecule has 1 aliphatic carbocycles. The fraction of sp³-hybridized carbons (Fsp3) is 0.286. The van der Waals surface area contributed by atoms with Crippen LogP contribution in [0.3, 0.4) is 0 Å². The van der Waals surface area contributed by atoms with Crippen molar-refractivity contribution in [1.29, 1.82) is 0 Å². The zero-order valence-electron chi connectivity index (χ0n) is 19.4. The van der Waals surface area contributed by atoms with Crippen LogP contribution in [0.4, 0.5) is 18.9 Å². The number of carbonyl (C=O) groups excluding carboxylic acids is 2. The minimum absolute atomic E-state index is 0.0624. The summed E-state index contributed by atoms with van der Waals surface area (Å²) in [6.07, 6.45) is 1.76. The lowest BCUT2D eigenvalue weighted by Crippen LogP contribution is -2.31. The number of nitrogens with zero attached hydrogens (tertiary/aromatic N) is 2. The number of allylic oxidation sites excluding steroid dienone is 2. The van der Waals surface area contributed by atoms with Crippen molar-refractivity contribution in [3.8, 4) is 0 Å².